The highest BCUT2D eigenvalue weighted by atomic mass is 19.1. The molecule has 0 fully saturated rings. The number of nitrogens with zero attached hydrogens (tertiary/aromatic N) is 1. The number of rotatable bonds is 4. The van der Waals surface area contributed by atoms with Crippen molar-refractivity contribution in [2.75, 3.05) is 20.2 Å². The third kappa shape index (κ3) is 4.87. The normalized spacial score (nSPS) is 10.6. The van der Waals surface area contributed by atoms with Crippen molar-refractivity contribution in [3.63, 3.8) is 0 Å². The Morgan fingerprint density at radius 3 is 2.67 bits per heavy atom. The molecule has 0 unspecified atom stereocenters. The third-order valence-electron chi connectivity index (χ3n) is 2.48. The van der Waals surface area contributed by atoms with Crippen LogP contribution in [0.4, 0.5) is 4.39 Å². The van der Waals surface area contributed by atoms with Crippen LogP contribution in [0.2, 0.25) is 0 Å². The molecule has 3 heteroatoms. The van der Waals surface area contributed by atoms with Crippen LogP contribution in [0.25, 0.3) is 0 Å². The minimum absolute atomic E-state index is 0.208. The van der Waals surface area contributed by atoms with Gasteiger partial charge in [0.1, 0.15) is 12.4 Å². The Labute approximate surface area is 108 Å². The first-order chi connectivity index (χ1) is 8.52. The maximum absolute atomic E-state index is 13.8. The van der Waals surface area contributed by atoms with Gasteiger partial charge in [0.15, 0.2) is 0 Å². The lowest BCUT2D eigenvalue weighted by Crippen LogP contribution is -2.23. The summed E-state index contributed by atoms with van der Waals surface area (Å²) in [6.07, 6.45) is 0. The van der Waals surface area contributed by atoms with Crippen LogP contribution in [0.1, 0.15) is 25.0 Å². The summed E-state index contributed by atoms with van der Waals surface area (Å²) in [6.45, 7) is 5.60. The van der Waals surface area contributed by atoms with Gasteiger partial charge in [-0.1, -0.05) is 31.8 Å². The molecule has 0 aliphatic heterocycles. The molecule has 0 aliphatic rings. The van der Waals surface area contributed by atoms with Gasteiger partial charge in [-0.25, -0.2) is 4.39 Å². The Morgan fingerprint density at radius 1 is 1.39 bits per heavy atom. The Kier molecular flexibility index (Phi) is 5.84. The van der Waals surface area contributed by atoms with Crippen LogP contribution in [0.5, 0.6) is 0 Å². The highest BCUT2D eigenvalue weighted by Crippen LogP contribution is 2.12. The van der Waals surface area contributed by atoms with Gasteiger partial charge >= 0.3 is 0 Å². The zero-order valence-corrected chi connectivity index (χ0v) is 11.2. The van der Waals surface area contributed by atoms with Crippen LogP contribution in [0, 0.1) is 23.6 Å². The van der Waals surface area contributed by atoms with Gasteiger partial charge in [0, 0.05) is 24.2 Å². The van der Waals surface area contributed by atoms with E-state index in [0.29, 0.717) is 23.6 Å². The van der Waals surface area contributed by atoms with E-state index in [9.17, 15) is 4.39 Å². The molecule has 0 spiro atoms. The summed E-state index contributed by atoms with van der Waals surface area (Å²) in [7, 11) is 1.99. The van der Waals surface area contributed by atoms with Crippen LogP contribution in [0.15, 0.2) is 18.2 Å². The van der Waals surface area contributed by atoms with Crippen molar-refractivity contribution in [1.82, 2.24) is 4.90 Å². The standard InChI is InChI=1S/C15H20FNO/c1-12(2)10-17(3)11-14-7-6-13(5-4-8-18)9-15(14)16/h6-7,9,12,18H,8,10-11H2,1-3H3. The summed E-state index contributed by atoms with van der Waals surface area (Å²) in [4.78, 5) is 2.10. The molecule has 0 heterocycles. The van der Waals surface area contributed by atoms with E-state index in [1.54, 1.807) is 12.1 Å². The zero-order chi connectivity index (χ0) is 13.5. The summed E-state index contributed by atoms with van der Waals surface area (Å²) in [5, 5.41) is 8.58. The van der Waals surface area contributed by atoms with Crippen LogP contribution >= 0.6 is 0 Å². The van der Waals surface area contributed by atoms with Crippen LogP contribution < -0.4 is 0 Å². The third-order valence-corrected chi connectivity index (χ3v) is 2.48. The predicted octanol–water partition coefficient (Wildman–Crippen LogP) is 2.26. The Hall–Kier alpha value is -1.37. The Bertz CT molecular complexity index is 446. The summed E-state index contributed by atoms with van der Waals surface area (Å²) in [5.74, 6) is 5.52. The Balaban J connectivity index is 2.73. The molecule has 0 saturated carbocycles. The largest absolute Gasteiger partial charge is 0.384 e. The number of hydrogen-bond acceptors (Lipinski definition) is 2. The fourth-order valence-electron chi connectivity index (χ4n) is 1.87. The fraction of sp³-hybridized carbons (Fsp3) is 0.467. The topological polar surface area (TPSA) is 23.5 Å². The smallest absolute Gasteiger partial charge is 0.128 e. The van der Waals surface area contributed by atoms with Gasteiger partial charge in [-0.3, -0.25) is 0 Å². The van der Waals surface area contributed by atoms with Crippen molar-refractivity contribution < 1.29 is 9.50 Å². The molecule has 0 saturated heterocycles. The van der Waals surface area contributed by atoms with Crippen LogP contribution in [-0.2, 0) is 6.54 Å². The number of aliphatic hydroxyl groups is 1. The first-order valence-electron chi connectivity index (χ1n) is 6.09. The van der Waals surface area contributed by atoms with Gasteiger partial charge in [-0.05, 0) is 25.1 Å². The van der Waals surface area contributed by atoms with Gasteiger partial charge < -0.3 is 10.0 Å². The zero-order valence-electron chi connectivity index (χ0n) is 11.2. The molecule has 0 aliphatic carbocycles. The van der Waals surface area contributed by atoms with Crippen molar-refractivity contribution in [2.45, 2.75) is 20.4 Å². The molecular formula is C15H20FNO. The van der Waals surface area contributed by atoms with Crippen LogP contribution in [0.3, 0.4) is 0 Å². The van der Waals surface area contributed by atoms with E-state index in [-0.39, 0.29) is 12.4 Å². The average Bonchev–Trinajstić information content (AvgIpc) is 2.28. The molecule has 18 heavy (non-hydrogen) atoms. The molecule has 1 rings (SSSR count). The first kappa shape index (κ1) is 14.7. The summed E-state index contributed by atoms with van der Waals surface area (Å²) >= 11 is 0. The lowest BCUT2D eigenvalue weighted by atomic mass is 10.1. The highest BCUT2D eigenvalue weighted by Gasteiger charge is 2.07. The van der Waals surface area contributed by atoms with Gasteiger partial charge in [0.25, 0.3) is 0 Å². The quantitative estimate of drug-likeness (QED) is 0.827. The minimum atomic E-state index is -0.240. The molecule has 0 aromatic heterocycles. The van der Waals surface area contributed by atoms with Gasteiger partial charge in [-0.15, -0.1) is 0 Å². The number of aliphatic hydroxyl groups excluding tert-OH is 1. The summed E-state index contributed by atoms with van der Waals surface area (Å²) in [5.41, 5.74) is 1.27. The van der Waals surface area contributed by atoms with Gasteiger partial charge in [0.2, 0.25) is 0 Å². The van der Waals surface area contributed by atoms with E-state index in [0.717, 1.165) is 6.54 Å². The van der Waals surface area contributed by atoms with E-state index in [1.807, 2.05) is 7.05 Å². The second kappa shape index (κ2) is 7.15. The molecular weight excluding hydrogens is 229 g/mol. The molecule has 1 aromatic rings. The molecule has 98 valence electrons. The monoisotopic (exact) mass is 249 g/mol. The predicted molar refractivity (Wildman–Crippen MR) is 71.5 cm³/mol. The van der Waals surface area contributed by atoms with Crippen LogP contribution in [-0.4, -0.2) is 30.2 Å². The molecule has 1 aromatic carbocycles. The molecule has 1 N–H and O–H groups in total. The molecule has 0 radical (unpaired) electrons. The first-order valence-corrected chi connectivity index (χ1v) is 6.09. The van der Waals surface area contributed by atoms with E-state index in [4.69, 9.17) is 5.11 Å². The number of benzene rings is 1. The Morgan fingerprint density at radius 2 is 2.11 bits per heavy atom. The van der Waals surface area contributed by atoms with Crippen molar-refractivity contribution in [3.05, 3.63) is 35.1 Å². The number of halogens is 1. The SMILES string of the molecule is CC(C)CN(C)Cc1ccc(C#CCO)cc1F. The minimum Gasteiger partial charge on any atom is -0.384 e. The molecule has 0 bridgehead atoms. The number of hydrogen-bond donors (Lipinski definition) is 1. The maximum atomic E-state index is 13.8. The maximum Gasteiger partial charge on any atom is 0.128 e. The van der Waals surface area contributed by atoms with E-state index < -0.39 is 0 Å². The van der Waals surface area contributed by atoms with Gasteiger partial charge in [0.05, 0.1) is 0 Å². The van der Waals surface area contributed by atoms with Crippen molar-refractivity contribution in [1.29, 1.82) is 0 Å². The van der Waals surface area contributed by atoms with Crippen molar-refractivity contribution in [2.24, 2.45) is 5.92 Å². The fourth-order valence-corrected chi connectivity index (χ4v) is 1.87. The van der Waals surface area contributed by atoms with E-state index >= 15 is 0 Å². The van der Waals surface area contributed by atoms with Crippen molar-refractivity contribution in [3.8, 4) is 11.8 Å². The second-order valence-corrected chi connectivity index (χ2v) is 4.86. The second-order valence-electron chi connectivity index (χ2n) is 4.86. The van der Waals surface area contributed by atoms with Crippen molar-refractivity contribution >= 4 is 0 Å². The molecule has 2 nitrogen and oxygen atoms in total. The molecule has 0 atom stereocenters. The van der Waals surface area contributed by atoms with Gasteiger partial charge in [-0.2, -0.15) is 0 Å². The van der Waals surface area contributed by atoms with E-state index in [2.05, 4.69) is 30.6 Å². The summed E-state index contributed by atoms with van der Waals surface area (Å²) < 4.78 is 13.8. The average molecular weight is 249 g/mol. The van der Waals surface area contributed by atoms with E-state index in [1.165, 1.54) is 6.07 Å². The lowest BCUT2D eigenvalue weighted by Gasteiger charge is -2.19. The molecule has 0 amide bonds. The summed E-state index contributed by atoms with van der Waals surface area (Å²) in [6, 6.07) is 4.96. The lowest BCUT2D eigenvalue weighted by molar-refractivity contribution is 0.284. The highest BCUT2D eigenvalue weighted by molar-refractivity contribution is 5.37.